The lowest BCUT2D eigenvalue weighted by Gasteiger charge is -2.17. The highest BCUT2D eigenvalue weighted by Crippen LogP contribution is 2.17. The SMILES string of the molecule is CCN(C)Cc1cccc(CNC(=NC)NC2CCCC2)c1.I. The van der Waals surface area contributed by atoms with Crippen molar-refractivity contribution in [2.45, 2.75) is 51.7 Å². The Balaban J connectivity index is 0.00000264. The summed E-state index contributed by atoms with van der Waals surface area (Å²) in [6.07, 6.45) is 5.20. The summed E-state index contributed by atoms with van der Waals surface area (Å²) in [5.41, 5.74) is 2.67. The molecule has 0 aliphatic heterocycles. The van der Waals surface area contributed by atoms with Gasteiger partial charge in [0.1, 0.15) is 0 Å². The molecule has 1 aromatic rings. The second kappa shape index (κ2) is 10.9. The standard InChI is InChI=1S/C18H30N4.HI/c1-4-22(3)14-16-9-7-8-15(12-16)13-20-18(19-2)21-17-10-5-6-11-17;/h7-9,12,17H,4-6,10-11,13-14H2,1-3H3,(H2,19,20,21);1H. The molecule has 0 saturated heterocycles. The van der Waals surface area contributed by atoms with Crippen molar-refractivity contribution in [2.75, 3.05) is 20.6 Å². The molecular weight excluding hydrogens is 399 g/mol. The van der Waals surface area contributed by atoms with Crippen LogP contribution in [0.5, 0.6) is 0 Å². The average molecular weight is 430 g/mol. The average Bonchev–Trinajstić information content (AvgIpc) is 3.04. The van der Waals surface area contributed by atoms with Gasteiger partial charge in [-0.2, -0.15) is 0 Å². The monoisotopic (exact) mass is 430 g/mol. The Morgan fingerprint density at radius 2 is 1.96 bits per heavy atom. The smallest absolute Gasteiger partial charge is 0.191 e. The number of aliphatic imine (C=N–C) groups is 1. The van der Waals surface area contributed by atoms with Gasteiger partial charge in [0.05, 0.1) is 0 Å². The van der Waals surface area contributed by atoms with Crippen LogP contribution in [-0.4, -0.2) is 37.5 Å². The van der Waals surface area contributed by atoms with Crippen molar-refractivity contribution in [3.05, 3.63) is 35.4 Å². The van der Waals surface area contributed by atoms with Crippen molar-refractivity contribution < 1.29 is 0 Å². The zero-order valence-corrected chi connectivity index (χ0v) is 17.0. The molecule has 2 N–H and O–H groups in total. The van der Waals surface area contributed by atoms with E-state index < -0.39 is 0 Å². The molecule has 0 radical (unpaired) electrons. The number of hydrogen-bond acceptors (Lipinski definition) is 2. The van der Waals surface area contributed by atoms with E-state index in [4.69, 9.17) is 0 Å². The van der Waals surface area contributed by atoms with Crippen LogP contribution in [0.2, 0.25) is 0 Å². The Hall–Kier alpha value is -0.820. The van der Waals surface area contributed by atoms with Gasteiger partial charge in [-0.1, -0.05) is 44.0 Å². The number of hydrogen-bond donors (Lipinski definition) is 2. The third kappa shape index (κ3) is 7.08. The summed E-state index contributed by atoms with van der Waals surface area (Å²) in [4.78, 5) is 6.65. The van der Waals surface area contributed by atoms with Crippen LogP contribution in [0, 0.1) is 0 Å². The molecule has 4 nitrogen and oxygen atoms in total. The molecule has 23 heavy (non-hydrogen) atoms. The molecule has 0 bridgehead atoms. The lowest BCUT2D eigenvalue weighted by molar-refractivity contribution is 0.345. The van der Waals surface area contributed by atoms with E-state index >= 15 is 0 Å². The molecule has 1 saturated carbocycles. The molecule has 0 unspecified atom stereocenters. The van der Waals surface area contributed by atoms with Gasteiger partial charge in [0.2, 0.25) is 0 Å². The van der Waals surface area contributed by atoms with Gasteiger partial charge in [-0.15, -0.1) is 24.0 Å². The Bertz CT molecular complexity index is 484. The normalized spacial score (nSPS) is 15.6. The van der Waals surface area contributed by atoms with Gasteiger partial charge in [0.15, 0.2) is 5.96 Å². The topological polar surface area (TPSA) is 39.7 Å². The first-order valence-electron chi connectivity index (χ1n) is 8.44. The summed E-state index contributed by atoms with van der Waals surface area (Å²) < 4.78 is 0. The van der Waals surface area contributed by atoms with E-state index in [0.717, 1.165) is 25.6 Å². The van der Waals surface area contributed by atoms with Crippen molar-refractivity contribution in [1.82, 2.24) is 15.5 Å². The molecule has 1 fully saturated rings. The number of guanidine groups is 1. The maximum Gasteiger partial charge on any atom is 0.191 e. The summed E-state index contributed by atoms with van der Waals surface area (Å²) in [6, 6.07) is 9.38. The van der Waals surface area contributed by atoms with Crippen LogP contribution in [-0.2, 0) is 13.1 Å². The predicted octanol–water partition coefficient (Wildman–Crippen LogP) is 3.36. The molecular formula is C18H31IN4. The zero-order valence-electron chi connectivity index (χ0n) is 14.6. The zero-order chi connectivity index (χ0) is 15.8. The van der Waals surface area contributed by atoms with E-state index in [2.05, 4.69) is 58.8 Å². The van der Waals surface area contributed by atoms with Crippen LogP contribution in [0.15, 0.2) is 29.3 Å². The minimum atomic E-state index is 0. The number of nitrogens with zero attached hydrogens (tertiary/aromatic N) is 2. The number of halogens is 1. The lowest BCUT2D eigenvalue weighted by atomic mass is 10.1. The van der Waals surface area contributed by atoms with Crippen LogP contribution < -0.4 is 10.6 Å². The van der Waals surface area contributed by atoms with E-state index in [9.17, 15) is 0 Å². The first kappa shape index (κ1) is 20.2. The Morgan fingerprint density at radius 3 is 2.61 bits per heavy atom. The third-order valence-corrected chi connectivity index (χ3v) is 4.36. The van der Waals surface area contributed by atoms with E-state index in [1.165, 1.54) is 36.8 Å². The first-order valence-corrected chi connectivity index (χ1v) is 8.44. The molecule has 2 rings (SSSR count). The summed E-state index contributed by atoms with van der Waals surface area (Å²) in [7, 11) is 4.00. The van der Waals surface area contributed by atoms with Crippen LogP contribution >= 0.6 is 24.0 Å². The third-order valence-electron chi connectivity index (χ3n) is 4.36. The molecule has 1 aliphatic carbocycles. The van der Waals surface area contributed by atoms with Gasteiger partial charge in [-0.05, 0) is 37.6 Å². The van der Waals surface area contributed by atoms with Gasteiger partial charge in [0.25, 0.3) is 0 Å². The molecule has 5 heteroatoms. The summed E-state index contributed by atoms with van der Waals surface area (Å²) in [5.74, 6) is 0.919. The van der Waals surface area contributed by atoms with Gasteiger partial charge in [0, 0.05) is 26.2 Å². The Labute approximate surface area is 158 Å². The molecule has 0 heterocycles. The molecule has 0 spiro atoms. The predicted molar refractivity (Wildman–Crippen MR) is 109 cm³/mol. The molecule has 1 aliphatic rings. The number of nitrogens with one attached hydrogen (secondary N) is 2. The van der Waals surface area contributed by atoms with E-state index in [0.29, 0.717) is 6.04 Å². The number of benzene rings is 1. The molecule has 1 aromatic carbocycles. The fraction of sp³-hybridized carbons (Fsp3) is 0.611. The quantitative estimate of drug-likeness (QED) is 0.413. The van der Waals surface area contributed by atoms with Crippen molar-refractivity contribution in [1.29, 1.82) is 0 Å². The van der Waals surface area contributed by atoms with E-state index in [-0.39, 0.29) is 24.0 Å². The maximum atomic E-state index is 4.34. The van der Waals surface area contributed by atoms with E-state index in [1.807, 2.05) is 7.05 Å². The summed E-state index contributed by atoms with van der Waals surface area (Å²) in [6.45, 7) is 5.07. The number of rotatable bonds is 6. The summed E-state index contributed by atoms with van der Waals surface area (Å²) in [5, 5.41) is 6.95. The Morgan fingerprint density at radius 1 is 1.26 bits per heavy atom. The van der Waals surface area contributed by atoms with Crippen LogP contribution in [0.25, 0.3) is 0 Å². The fourth-order valence-electron chi connectivity index (χ4n) is 2.91. The van der Waals surface area contributed by atoms with Crippen molar-refractivity contribution in [2.24, 2.45) is 4.99 Å². The highest BCUT2D eigenvalue weighted by Gasteiger charge is 2.15. The van der Waals surface area contributed by atoms with Crippen LogP contribution in [0.4, 0.5) is 0 Å². The second-order valence-electron chi connectivity index (χ2n) is 6.20. The lowest BCUT2D eigenvalue weighted by Crippen LogP contribution is -2.41. The van der Waals surface area contributed by atoms with E-state index in [1.54, 1.807) is 0 Å². The largest absolute Gasteiger partial charge is 0.354 e. The van der Waals surface area contributed by atoms with Crippen molar-refractivity contribution in [3.8, 4) is 0 Å². The molecule has 130 valence electrons. The molecule has 0 atom stereocenters. The minimum absolute atomic E-state index is 0. The Kier molecular flexibility index (Phi) is 9.55. The van der Waals surface area contributed by atoms with Crippen LogP contribution in [0.1, 0.15) is 43.7 Å². The van der Waals surface area contributed by atoms with Crippen molar-refractivity contribution in [3.63, 3.8) is 0 Å². The van der Waals surface area contributed by atoms with Gasteiger partial charge in [-0.25, -0.2) is 0 Å². The van der Waals surface area contributed by atoms with Gasteiger partial charge in [-0.3, -0.25) is 4.99 Å². The highest BCUT2D eigenvalue weighted by atomic mass is 127. The van der Waals surface area contributed by atoms with Gasteiger partial charge < -0.3 is 15.5 Å². The van der Waals surface area contributed by atoms with Gasteiger partial charge >= 0.3 is 0 Å². The second-order valence-corrected chi connectivity index (χ2v) is 6.20. The molecule has 0 amide bonds. The molecule has 0 aromatic heterocycles. The summed E-state index contributed by atoms with van der Waals surface area (Å²) >= 11 is 0. The minimum Gasteiger partial charge on any atom is -0.354 e. The highest BCUT2D eigenvalue weighted by molar-refractivity contribution is 14.0. The fourth-order valence-corrected chi connectivity index (χ4v) is 2.91. The van der Waals surface area contributed by atoms with Crippen LogP contribution in [0.3, 0.4) is 0 Å². The maximum absolute atomic E-state index is 4.34. The first-order chi connectivity index (χ1) is 10.7. The van der Waals surface area contributed by atoms with Crippen molar-refractivity contribution >= 4 is 29.9 Å².